The summed E-state index contributed by atoms with van der Waals surface area (Å²) in [6, 6.07) is 8.05. The Balaban J connectivity index is 1.77. The van der Waals surface area contributed by atoms with Crippen molar-refractivity contribution in [2.45, 2.75) is 18.5 Å². The molecule has 3 amide bonds. The van der Waals surface area contributed by atoms with Crippen molar-refractivity contribution >= 4 is 34.9 Å². The number of urea groups is 1. The molecule has 25 heavy (non-hydrogen) atoms. The number of nitrogens with zero attached hydrogens (tertiary/aromatic N) is 1. The Bertz CT molecular complexity index is 878. The van der Waals surface area contributed by atoms with E-state index in [0.717, 1.165) is 21.7 Å². The molecule has 3 heterocycles. The second kappa shape index (κ2) is 5.89. The van der Waals surface area contributed by atoms with E-state index in [1.54, 1.807) is 11.3 Å². The average Bonchev–Trinajstić information content (AvgIpc) is 3.07. The standard InChI is InChI=1S/C17H15N3O4S/c21-13(22)8-18-16(23)12-7-9-5-6-25-15(9)14-10-3-1-2-4-11(10)19-17(24)20(12)14/h1-6,12,14H,7-8H2,(H,18,23)(H,19,24)(H,21,22)/t12-,14+/m0/s1. The first-order chi connectivity index (χ1) is 12.1. The van der Waals surface area contributed by atoms with Crippen molar-refractivity contribution in [2.75, 3.05) is 11.9 Å². The highest BCUT2D eigenvalue weighted by Gasteiger charge is 2.45. The number of carbonyl (C=O) groups excluding carboxylic acids is 2. The molecule has 0 spiro atoms. The van der Waals surface area contributed by atoms with Gasteiger partial charge in [-0.05, 0) is 23.1 Å². The number of carboxylic acids is 1. The first-order valence-electron chi connectivity index (χ1n) is 7.80. The molecule has 0 aliphatic carbocycles. The summed E-state index contributed by atoms with van der Waals surface area (Å²) in [6.07, 6.45) is 0.371. The van der Waals surface area contributed by atoms with Gasteiger partial charge < -0.3 is 20.6 Å². The molecule has 3 N–H and O–H groups in total. The molecule has 7 nitrogen and oxygen atoms in total. The van der Waals surface area contributed by atoms with E-state index in [9.17, 15) is 14.4 Å². The van der Waals surface area contributed by atoms with Crippen LogP contribution in [0.3, 0.4) is 0 Å². The van der Waals surface area contributed by atoms with Gasteiger partial charge in [-0.25, -0.2) is 4.79 Å². The van der Waals surface area contributed by atoms with Gasteiger partial charge in [0.1, 0.15) is 12.6 Å². The predicted molar refractivity (Wildman–Crippen MR) is 91.6 cm³/mol. The van der Waals surface area contributed by atoms with Crippen LogP contribution in [0, 0.1) is 0 Å². The zero-order valence-electron chi connectivity index (χ0n) is 13.1. The van der Waals surface area contributed by atoms with Gasteiger partial charge in [0.2, 0.25) is 5.91 Å². The van der Waals surface area contributed by atoms with E-state index in [1.165, 1.54) is 4.90 Å². The average molecular weight is 357 g/mol. The van der Waals surface area contributed by atoms with Crippen molar-refractivity contribution in [3.63, 3.8) is 0 Å². The maximum Gasteiger partial charge on any atom is 0.323 e. The molecule has 0 saturated carbocycles. The molecule has 2 aliphatic heterocycles. The number of aliphatic carboxylic acids is 1. The maximum atomic E-state index is 12.7. The Labute approximate surface area is 147 Å². The van der Waals surface area contributed by atoms with Crippen molar-refractivity contribution in [2.24, 2.45) is 0 Å². The van der Waals surface area contributed by atoms with Crippen LogP contribution in [0.25, 0.3) is 0 Å². The molecule has 2 aliphatic rings. The topological polar surface area (TPSA) is 98.7 Å². The number of carboxylic acid groups (broad SMARTS) is 1. The van der Waals surface area contributed by atoms with Gasteiger partial charge >= 0.3 is 12.0 Å². The van der Waals surface area contributed by atoms with Gasteiger partial charge in [0.15, 0.2) is 0 Å². The minimum Gasteiger partial charge on any atom is -0.480 e. The first-order valence-corrected chi connectivity index (χ1v) is 8.68. The molecule has 0 fully saturated rings. The number of benzene rings is 1. The van der Waals surface area contributed by atoms with Crippen LogP contribution >= 0.6 is 11.3 Å². The minimum atomic E-state index is -1.12. The number of anilines is 1. The van der Waals surface area contributed by atoms with Crippen molar-refractivity contribution in [3.8, 4) is 0 Å². The lowest BCUT2D eigenvalue weighted by Gasteiger charge is -2.44. The van der Waals surface area contributed by atoms with Crippen LogP contribution in [-0.4, -0.2) is 40.5 Å². The summed E-state index contributed by atoms with van der Waals surface area (Å²) >= 11 is 1.56. The third kappa shape index (κ3) is 2.54. The lowest BCUT2D eigenvalue weighted by Crippen LogP contribution is -2.57. The van der Waals surface area contributed by atoms with Crippen LogP contribution in [0.4, 0.5) is 10.5 Å². The highest BCUT2D eigenvalue weighted by Crippen LogP contribution is 2.45. The van der Waals surface area contributed by atoms with Crippen LogP contribution < -0.4 is 10.6 Å². The fourth-order valence-corrected chi connectivity index (χ4v) is 4.50. The second-order valence-electron chi connectivity index (χ2n) is 5.97. The number of fused-ring (bicyclic) bond motifs is 5. The van der Waals surface area contributed by atoms with Gasteiger partial charge in [-0.1, -0.05) is 18.2 Å². The van der Waals surface area contributed by atoms with Crippen molar-refractivity contribution in [3.05, 3.63) is 51.7 Å². The number of amides is 3. The second-order valence-corrected chi connectivity index (χ2v) is 6.92. The lowest BCUT2D eigenvalue weighted by atomic mass is 9.88. The van der Waals surface area contributed by atoms with Crippen LogP contribution in [0.1, 0.15) is 22.0 Å². The summed E-state index contributed by atoms with van der Waals surface area (Å²) in [5.74, 6) is -1.58. The Kier molecular flexibility index (Phi) is 3.69. The number of carbonyl (C=O) groups is 3. The summed E-state index contributed by atoms with van der Waals surface area (Å²) in [5.41, 5.74) is 2.69. The van der Waals surface area contributed by atoms with Gasteiger partial charge in [-0.2, -0.15) is 0 Å². The molecule has 0 saturated heterocycles. The quantitative estimate of drug-likeness (QED) is 0.780. The lowest BCUT2D eigenvalue weighted by molar-refractivity contribution is -0.138. The summed E-state index contributed by atoms with van der Waals surface area (Å²) in [4.78, 5) is 38.6. The SMILES string of the molecule is O=C(O)CNC(=O)[C@@H]1Cc2ccsc2[C@H]2c3ccccc3NC(=O)N21. The third-order valence-electron chi connectivity index (χ3n) is 4.50. The Morgan fingerprint density at radius 3 is 2.92 bits per heavy atom. The number of rotatable bonds is 3. The first kappa shape index (κ1) is 15.6. The van der Waals surface area contributed by atoms with Crippen molar-refractivity contribution in [1.82, 2.24) is 10.2 Å². The van der Waals surface area contributed by atoms with Crippen LogP contribution in [0.5, 0.6) is 0 Å². The summed E-state index contributed by atoms with van der Waals surface area (Å²) in [6.45, 7) is -0.470. The number of thiophene rings is 1. The Morgan fingerprint density at radius 2 is 2.12 bits per heavy atom. The Morgan fingerprint density at radius 1 is 1.32 bits per heavy atom. The molecule has 0 radical (unpaired) electrons. The fraction of sp³-hybridized carbons (Fsp3) is 0.235. The monoisotopic (exact) mass is 357 g/mol. The molecular formula is C17H15N3O4S. The van der Waals surface area contributed by atoms with E-state index in [4.69, 9.17) is 5.11 Å². The highest BCUT2D eigenvalue weighted by molar-refractivity contribution is 7.10. The summed E-state index contributed by atoms with van der Waals surface area (Å²) in [7, 11) is 0. The molecule has 2 aromatic rings. The smallest absolute Gasteiger partial charge is 0.323 e. The van der Waals surface area contributed by atoms with Gasteiger partial charge in [0, 0.05) is 22.5 Å². The van der Waals surface area contributed by atoms with E-state index in [0.29, 0.717) is 6.42 Å². The number of para-hydroxylation sites is 1. The maximum absolute atomic E-state index is 12.7. The fourth-order valence-electron chi connectivity index (χ4n) is 3.45. The van der Waals surface area contributed by atoms with Gasteiger partial charge in [-0.15, -0.1) is 11.3 Å². The van der Waals surface area contributed by atoms with Crippen molar-refractivity contribution in [1.29, 1.82) is 0 Å². The predicted octanol–water partition coefficient (Wildman–Crippen LogP) is 1.81. The summed E-state index contributed by atoms with van der Waals surface area (Å²) < 4.78 is 0. The van der Waals surface area contributed by atoms with Crippen LogP contribution in [0.15, 0.2) is 35.7 Å². The van der Waals surface area contributed by atoms with E-state index in [1.807, 2.05) is 35.7 Å². The van der Waals surface area contributed by atoms with E-state index < -0.39 is 24.5 Å². The summed E-state index contributed by atoms with van der Waals surface area (Å²) in [5, 5.41) is 16.0. The molecule has 4 rings (SSSR count). The molecule has 8 heteroatoms. The number of nitrogens with one attached hydrogen (secondary N) is 2. The van der Waals surface area contributed by atoms with Gasteiger partial charge in [0.05, 0.1) is 6.04 Å². The van der Waals surface area contributed by atoms with Gasteiger partial charge in [-0.3, -0.25) is 9.59 Å². The number of hydrogen-bond donors (Lipinski definition) is 3. The van der Waals surface area contributed by atoms with E-state index >= 15 is 0 Å². The van der Waals surface area contributed by atoms with Crippen LogP contribution in [-0.2, 0) is 16.0 Å². The zero-order valence-corrected chi connectivity index (χ0v) is 13.9. The minimum absolute atomic E-state index is 0.339. The third-order valence-corrected chi connectivity index (χ3v) is 5.52. The molecular weight excluding hydrogens is 342 g/mol. The van der Waals surface area contributed by atoms with E-state index in [-0.39, 0.29) is 12.1 Å². The van der Waals surface area contributed by atoms with Gasteiger partial charge in [0.25, 0.3) is 0 Å². The Hall–Kier alpha value is -2.87. The van der Waals surface area contributed by atoms with Crippen molar-refractivity contribution < 1.29 is 19.5 Å². The molecule has 1 aromatic heterocycles. The normalized spacial score (nSPS) is 20.8. The molecule has 0 unspecified atom stereocenters. The number of hydrogen-bond acceptors (Lipinski definition) is 4. The molecule has 128 valence electrons. The molecule has 2 atom stereocenters. The highest BCUT2D eigenvalue weighted by atomic mass is 32.1. The molecule has 1 aromatic carbocycles. The van der Waals surface area contributed by atoms with E-state index in [2.05, 4.69) is 10.6 Å². The largest absolute Gasteiger partial charge is 0.480 e. The van der Waals surface area contributed by atoms with Crippen LogP contribution in [0.2, 0.25) is 0 Å². The molecule has 0 bridgehead atoms. The zero-order chi connectivity index (χ0) is 17.6.